The van der Waals surface area contributed by atoms with Gasteiger partial charge in [-0.2, -0.15) is 0 Å². The van der Waals surface area contributed by atoms with Crippen LogP contribution in [0.4, 0.5) is 5.69 Å². The number of aryl methyl sites for hydroxylation is 1. The van der Waals surface area contributed by atoms with Gasteiger partial charge in [0.2, 0.25) is 5.91 Å². The number of amides is 1. The molecule has 2 atom stereocenters. The molecule has 2 unspecified atom stereocenters. The number of nitrogens with zero attached hydrogens (tertiary/aromatic N) is 1. The van der Waals surface area contributed by atoms with Crippen LogP contribution >= 0.6 is 15.9 Å². The van der Waals surface area contributed by atoms with Crippen LogP contribution in [-0.2, 0) is 9.59 Å². The highest BCUT2D eigenvalue weighted by atomic mass is 79.9. The van der Waals surface area contributed by atoms with Crippen molar-refractivity contribution in [2.45, 2.75) is 26.3 Å². The Morgan fingerprint density at radius 3 is 2.76 bits per heavy atom. The van der Waals surface area contributed by atoms with Crippen LogP contribution < -0.4 is 5.32 Å². The van der Waals surface area contributed by atoms with Gasteiger partial charge in [-0.15, -0.1) is 0 Å². The fourth-order valence-electron chi connectivity index (χ4n) is 2.47. The Hall–Kier alpha value is -1.40. The van der Waals surface area contributed by atoms with Crippen molar-refractivity contribution in [2.24, 2.45) is 5.92 Å². The Morgan fingerprint density at radius 2 is 2.19 bits per heavy atom. The van der Waals surface area contributed by atoms with Gasteiger partial charge in [-0.3, -0.25) is 14.5 Å². The number of hydrogen-bond acceptors (Lipinski definition) is 3. The van der Waals surface area contributed by atoms with Crippen molar-refractivity contribution in [3.8, 4) is 0 Å². The monoisotopic (exact) mass is 354 g/mol. The first-order valence-corrected chi connectivity index (χ1v) is 7.71. The zero-order chi connectivity index (χ0) is 15.6. The molecule has 1 fully saturated rings. The maximum absolute atomic E-state index is 12.3. The van der Waals surface area contributed by atoms with Crippen molar-refractivity contribution >= 4 is 33.5 Å². The highest BCUT2D eigenvalue weighted by Crippen LogP contribution is 2.24. The number of nitrogens with one attached hydrogen (secondary N) is 1. The largest absolute Gasteiger partial charge is 0.481 e. The third-order valence-corrected chi connectivity index (χ3v) is 4.53. The first-order valence-electron chi connectivity index (χ1n) is 6.92. The molecule has 0 saturated carbocycles. The van der Waals surface area contributed by atoms with Gasteiger partial charge in [0.05, 0.1) is 17.6 Å². The van der Waals surface area contributed by atoms with Gasteiger partial charge >= 0.3 is 5.97 Å². The lowest BCUT2D eigenvalue weighted by molar-refractivity contribution is -0.141. The predicted molar refractivity (Wildman–Crippen MR) is 84.3 cm³/mol. The molecule has 2 N–H and O–H groups in total. The van der Waals surface area contributed by atoms with Crippen molar-refractivity contribution < 1.29 is 14.7 Å². The molecule has 6 heteroatoms. The van der Waals surface area contributed by atoms with Gasteiger partial charge in [0.1, 0.15) is 0 Å². The summed E-state index contributed by atoms with van der Waals surface area (Å²) in [6.07, 6.45) is 0.598. The van der Waals surface area contributed by atoms with E-state index >= 15 is 0 Å². The van der Waals surface area contributed by atoms with E-state index in [0.29, 0.717) is 19.5 Å². The van der Waals surface area contributed by atoms with E-state index in [0.717, 1.165) is 15.7 Å². The number of rotatable bonds is 4. The molecule has 0 aliphatic carbocycles. The number of carboxylic acid groups (broad SMARTS) is 1. The zero-order valence-electron chi connectivity index (χ0n) is 12.1. The normalized spacial score (nSPS) is 20.2. The summed E-state index contributed by atoms with van der Waals surface area (Å²) in [5.74, 6) is -1.27. The molecular formula is C15H19BrN2O3. The molecule has 1 heterocycles. The van der Waals surface area contributed by atoms with Crippen molar-refractivity contribution in [3.63, 3.8) is 0 Å². The maximum Gasteiger partial charge on any atom is 0.307 e. The maximum atomic E-state index is 12.3. The molecule has 114 valence electrons. The first kappa shape index (κ1) is 16.0. The van der Waals surface area contributed by atoms with Crippen LogP contribution in [-0.4, -0.2) is 41.0 Å². The number of hydrogen-bond donors (Lipinski definition) is 2. The first-order chi connectivity index (χ1) is 9.88. The number of likely N-dealkylation sites (tertiary alicyclic amines) is 1. The average molecular weight is 355 g/mol. The molecule has 2 rings (SSSR count). The van der Waals surface area contributed by atoms with Gasteiger partial charge in [0.25, 0.3) is 0 Å². The highest BCUT2D eigenvalue weighted by molar-refractivity contribution is 9.10. The van der Waals surface area contributed by atoms with E-state index in [1.807, 2.05) is 36.9 Å². The molecule has 1 aliphatic heterocycles. The van der Waals surface area contributed by atoms with Crippen molar-refractivity contribution in [2.75, 3.05) is 18.4 Å². The molecule has 1 amide bonds. The molecule has 0 aromatic heterocycles. The second-order valence-corrected chi connectivity index (χ2v) is 6.32. The number of carbonyl (C=O) groups is 2. The number of carbonyl (C=O) groups excluding carboxylic acids is 1. The molecule has 1 aromatic rings. The molecule has 0 radical (unpaired) electrons. The Balaban J connectivity index is 1.98. The van der Waals surface area contributed by atoms with E-state index in [1.54, 1.807) is 0 Å². The Kier molecular flexibility index (Phi) is 5.00. The Bertz CT molecular complexity index is 562. The molecule has 1 aliphatic rings. The second kappa shape index (κ2) is 6.58. The summed E-state index contributed by atoms with van der Waals surface area (Å²) in [5.41, 5.74) is 1.84. The van der Waals surface area contributed by atoms with Crippen LogP contribution in [0.15, 0.2) is 22.7 Å². The summed E-state index contributed by atoms with van der Waals surface area (Å²) in [5, 5.41) is 11.9. The average Bonchev–Trinajstić information content (AvgIpc) is 2.90. The molecule has 1 saturated heterocycles. The minimum Gasteiger partial charge on any atom is -0.481 e. The predicted octanol–water partition coefficient (Wildman–Crippen LogP) is 2.49. The lowest BCUT2D eigenvalue weighted by Gasteiger charge is -2.23. The van der Waals surface area contributed by atoms with Crippen LogP contribution in [0, 0.1) is 12.8 Å². The summed E-state index contributed by atoms with van der Waals surface area (Å²) in [6.45, 7) is 4.86. The summed E-state index contributed by atoms with van der Waals surface area (Å²) in [4.78, 5) is 25.2. The summed E-state index contributed by atoms with van der Waals surface area (Å²) >= 11 is 3.43. The molecular weight excluding hydrogens is 336 g/mol. The summed E-state index contributed by atoms with van der Waals surface area (Å²) < 4.78 is 0.841. The van der Waals surface area contributed by atoms with Crippen LogP contribution in [0.25, 0.3) is 0 Å². The Labute approximate surface area is 132 Å². The summed E-state index contributed by atoms with van der Waals surface area (Å²) in [7, 11) is 0. The van der Waals surface area contributed by atoms with Crippen molar-refractivity contribution in [1.82, 2.24) is 4.90 Å². The van der Waals surface area contributed by atoms with Gasteiger partial charge in [-0.05, 0) is 60.4 Å². The second-order valence-electron chi connectivity index (χ2n) is 5.47. The minimum atomic E-state index is -0.786. The van der Waals surface area contributed by atoms with E-state index in [2.05, 4.69) is 21.2 Å². The van der Waals surface area contributed by atoms with Gasteiger partial charge in [-0.25, -0.2) is 0 Å². The molecule has 0 bridgehead atoms. The van der Waals surface area contributed by atoms with E-state index in [-0.39, 0.29) is 17.9 Å². The fourth-order valence-corrected chi connectivity index (χ4v) is 3.06. The Morgan fingerprint density at radius 1 is 1.48 bits per heavy atom. The SMILES string of the molecule is Cc1ccc(NC(=O)C(C)N2CCC(C(=O)O)C2)c(Br)c1. The van der Waals surface area contributed by atoms with Crippen LogP contribution in [0.5, 0.6) is 0 Å². The third kappa shape index (κ3) is 3.83. The lowest BCUT2D eigenvalue weighted by Crippen LogP contribution is -2.41. The molecule has 0 spiro atoms. The summed E-state index contributed by atoms with van der Waals surface area (Å²) in [6, 6.07) is 5.38. The molecule has 21 heavy (non-hydrogen) atoms. The van der Waals surface area contributed by atoms with Gasteiger partial charge in [0.15, 0.2) is 0 Å². The number of halogens is 1. The number of aliphatic carboxylic acids is 1. The number of anilines is 1. The van der Waals surface area contributed by atoms with Crippen molar-refractivity contribution in [3.05, 3.63) is 28.2 Å². The number of benzene rings is 1. The zero-order valence-corrected chi connectivity index (χ0v) is 13.7. The molecule has 1 aromatic carbocycles. The van der Waals surface area contributed by atoms with E-state index in [4.69, 9.17) is 5.11 Å². The molecule has 5 nitrogen and oxygen atoms in total. The van der Waals surface area contributed by atoms with E-state index in [9.17, 15) is 9.59 Å². The smallest absolute Gasteiger partial charge is 0.307 e. The van der Waals surface area contributed by atoms with Gasteiger partial charge in [0, 0.05) is 11.0 Å². The topological polar surface area (TPSA) is 69.6 Å². The fraction of sp³-hybridized carbons (Fsp3) is 0.467. The van der Waals surface area contributed by atoms with Crippen LogP contribution in [0.2, 0.25) is 0 Å². The highest BCUT2D eigenvalue weighted by Gasteiger charge is 2.33. The van der Waals surface area contributed by atoms with Crippen molar-refractivity contribution in [1.29, 1.82) is 0 Å². The number of carboxylic acids is 1. The van der Waals surface area contributed by atoms with E-state index < -0.39 is 5.97 Å². The quantitative estimate of drug-likeness (QED) is 0.871. The van der Waals surface area contributed by atoms with Gasteiger partial charge in [-0.1, -0.05) is 6.07 Å². The lowest BCUT2D eigenvalue weighted by atomic mass is 10.1. The van der Waals surface area contributed by atoms with Gasteiger partial charge < -0.3 is 10.4 Å². The van der Waals surface area contributed by atoms with E-state index in [1.165, 1.54) is 0 Å². The van der Waals surface area contributed by atoms with Crippen LogP contribution in [0.3, 0.4) is 0 Å². The minimum absolute atomic E-state index is 0.120. The standard InChI is InChI=1S/C15H19BrN2O3/c1-9-3-4-13(12(16)7-9)17-14(19)10(2)18-6-5-11(8-18)15(20)21/h3-4,7,10-11H,5-6,8H2,1-2H3,(H,17,19)(H,20,21). The third-order valence-electron chi connectivity index (χ3n) is 3.88. The van der Waals surface area contributed by atoms with Crippen LogP contribution in [0.1, 0.15) is 18.9 Å².